The molecule has 0 spiro atoms. The molecule has 21 heavy (non-hydrogen) atoms. The lowest BCUT2D eigenvalue weighted by molar-refractivity contribution is 0.175. The molecule has 3 rings (SSSR count). The summed E-state index contributed by atoms with van der Waals surface area (Å²) in [5, 5.41) is 7.66. The number of nitrogen functional groups attached to an aromatic ring is 1. The lowest BCUT2D eigenvalue weighted by atomic mass is 10.1. The van der Waals surface area contributed by atoms with Crippen LogP contribution in [0, 0.1) is 11.2 Å². The van der Waals surface area contributed by atoms with Gasteiger partial charge in [0.1, 0.15) is 11.7 Å². The van der Waals surface area contributed by atoms with Crippen molar-refractivity contribution >= 4 is 11.5 Å². The highest BCUT2D eigenvalue weighted by atomic mass is 19.1. The van der Waals surface area contributed by atoms with Gasteiger partial charge in [-0.3, -0.25) is 10.3 Å². The largest absolute Gasteiger partial charge is 0.384 e. The van der Waals surface area contributed by atoms with Crippen LogP contribution in [0.2, 0.25) is 0 Å². The van der Waals surface area contributed by atoms with Crippen molar-refractivity contribution in [3.8, 4) is 0 Å². The minimum atomic E-state index is -0.337. The molecule has 0 saturated carbocycles. The van der Waals surface area contributed by atoms with Crippen LogP contribution in [0.3, 0.4) is 0 Å². The summed E-state index contributed by atoms with van der Waals surface area (Å²) in [6.45, 7) is 4.29. The van der Waals surface area contributed by atoms with E-state index >= 15 is 0 Å². The quantitative estimate of drug-likeness (QED) is 0.662. The molecule has 0 aliphatic carbocycles. The van der Waals surface area contributed by atoms with Gasteiger partial charge in [0, 0.05) is 30.4 Å². The van der Waals surface area contributed by atoms with Crippen molar-refractivity contribution in [2.75, 3.05) is 31.1 Å². The average Bonchev–Trinajstić information content (AvgIpc) is 2.97. The van der Waals surface area contributed by atoms with E-state index in [1.807, 2.05) is 0 Å². The monoisotopic (exact) mass is 290 g/mol. The number of likely N-dealkylation sites (tertiary alicyclic amines) is 1. The van der Waals surface area contributed by atoms with E-state index in [1.165, 1.54) is 44.5 Å². The van der Waals surface area contributed by atoms with Crippen molar-refractivity contribution in [3.05, 3.63) is 29.6 Å². The lowest BCUT2D eigenvalue weighted by Crippen LogP contribution is -2.41. The maximum atomic E-state index is 13.4. The van der Waals surface area contributed by atoms with Crippen LogP contribution in [0.25, 0.3) is 0 Å². The van der Waals surface area contributed by atoms with Crippen LogP contribution >= 0.6 is 0 Å². The Labute approximate surface area is 125 Å². The highest BCUT2D eigenvalue weighted by Gasteiger charge is 2.29. The molecule has 1 atom stereocenters. The Balaban J connectivity index is 1.75. The fourth-order valence-corrected chi connectivity index (χ4v) is 3.54. The molecule has 5 heteroatoms. The molecule has 114 valence electrons. The van der Waals surface area contributed by atoms with Gasteiger partial charge in [-0.1, -0.05) is 6.42 Å². The number of halogens is 1. The van der Waals surface area contributed by atoms with Gasteiger partial charge in [0.2, 0.25) is 0 Å². The highest BCUT2D eigenvalue weighted by Crippen LogP contribution is 2.28. The number of anilines is 1. The van der Waals surface area contributed by atoms with Gasteiger partial charge >= 0.3 is 0 Å². The van der Waals surface area contributed by atoms with Crippen molar-refractivity contribution in [1.82, 2.24) is 4.90 Å². The zero-order valence-electron chi connectivity index (χ0n) is 12.3. The van der Waals surface area contributed by atoms with E-state index < -0.39 is 0 Å². The Morgan fingerprint density at radius 2 is 1.95 bits per heavy atom. The predicted octanol–water partition coefficient (Wildman–Crippen LogP) is 2.17. The van der Waals surface area contributed by atoms with E-state index in [9.17, 15) is 4.39 Å². The predicted molar refractivity (Wildman–Crippen MR) is 83.5 cm³/mol. The van der Waals surface area contributed by atoms with Gasteiger partial charge in [-0.15, -0.1) is 0 Å². The SMILES string of the molecule is N=C(N)c1cc(F)ccc1N1CCC(N2CCCCC2)C1. The van der Waals surface area contributed by atoms with Crippen molar-refractivity contribution in [1.29, 1.82) is 5.41 Å². The molecule has 4 nitrogen and oxygen atoms in total. The maximum Gasteiger partial charge on any atom is 0.125 e. The zero-order valence-corrected chi connectivity index (χ0v) is 12.3. The number of piperidine rings is 1. The van der Waals surface area contributed by atoms with Crippen LogP contribution in [-0.2, 0) is 0 Å². The molecule has 2 fully saturated rings. The molecule has 1 unspecified atom stereocenters. The number of nitrogens with zero attached hydrogens (tertiary/aromatic N) is 2. The topological polar surface area (TPSA) is 56.4 Å². The highest BCUT2D eigenvalue weighted by molar-refractivity contribution is 6.00. The first-order valence-electron chi connectivity index (χ1n) is 7.78. The summed E-state index contributed by atoms with van der Waals surface area (Å²) in [6, 6.07) is 5.15. The number of hydrogen-bond donors (Lipinski definition) is 2. The van der Waals surface area contributed by atoms with E-state index in [0.29, 0.717) is 11.6 Å². The first-order chi connectivity index (χ1) is 10.1. The molecule has 0 amide bonds. The van der Waals surface area contributed by atoms with Crippen LogP contribution < -0.4 is 10.6 Å². The Hall–Kier alpha value is -1.62. The number of nitrogens with two attached hydrogens (primary N) is 1. The second-order valence-electron chi connectivity index (χ2n) is 6.06. The summed E-state index contributed by atoms with van der Waals surface area (Å²) in [5.41, 5.74) is 7.01. The van der Waals surface area contributed by atoms with Gasteiger partial charge in [-0.2, -0.15) is 0 Å². The second-order valence-corrected chi connectivity index (χ2v) is 6.06. The zero-order chi connectivity index (χ0) is 14.8. The smallest absolute Gasteiger partial charge is 0.125 e. The molecule has 1 aromatic rings. The van der Waals surface area contributed by atoms with Crippen molar-refractivity contribution in [2.45, 2.75) is 31.7 Å². The van der Waals surface area contributed by atoms with Crippen molar-refractivity contribution in [3.63, 3.8) is 0 Å². The van der Waals surface area contributed by atoms with Gasteiger partial charge in [0.15, 0.2) is 0 Å². The van der Waals surface area contributed by atoms with Crippen LogP contribution in [0.15, 0.2) is 18.2 Å². The number of rotatable bonds is 3. The van der Waals surface area contributed by atoms with Crippen molar-refractivity contribution in [2.24, 2.45) is 5.73 Å². The molecule has 1 aromatic carbocycles. The fourth-order valence-electron chi connectivity index (χ4n) is 3.54. The minimum Gasteiger partial charge on any atom is -0.384 e. The maximum absolute atomic E-state index is 13.4. The summed E-state index contributed by atoms with van der Waals surface area (Å²) < 4.78 is 13.4. The Morgan fingerprint density at radius 1 is 1.19 bits per heavy atom. The van der Waals surface area contributed by atoms with E-state index in [-0.39, 0.29) is 11.7 Å². The van der Waals surface area contributed by atoms with E-state index in [2.05, 4.69) is 9.80 Å². The van der Waals surface area contributed by atoms with Gasteiger partial charge < -0.3 is 10.6 Å². The summed E-state index contributed by atoms with van der Waals surface area (Å²) >= 11 is 0. The molecule has 0 aromatic heterocycles. The number of amidine groups is 1. The third kappa shape index (κ3) is 3.02. The lowest BCUT2D eigenvalue weighted by Gasteiger charge is -2.32. The molecular weight excluding hydrogens is 267 g/mol. The van der Waals surface area contributed by atoms with E-state index in [4.69, 9.17) is 11.1 Å². The Morgan fingerprint density at radius 3 is 2.67 bits per heavy atom. The first-order valence-corrected chi connectivity index (χ1v) is 7.78. The Kier molecular flexibility index (Phi) is 4.10. The molecule has 2 aliphatic rings. The number of nitrogens with one attached hydrogen (secondary N) is 1. The van der Waals surface area contributed by atoms with E-state index in [0.717, 1.165) is 25.2 Å². The fraction of sp³-hybridized carbons (Fsp3) is 0.562. The third-order valence-electron chi connectivity index (χ3n) is 4.66. The summed E-state index contributed by atoms with van der Waals surface area (Å²) in [7, 11) is 0. The van der Waals surface area contributed by atoms with Crippen LogP contribution in [0.1, 0.15) is 31.2 Å². The molecule has 0 bridgehead atoms. The molecule has 2 aliphatic heterocycles. The van der Waals surface area contributed by atoms with Gasteiger partial charge in [0.05, 0.1) is 0 Å². The third-order valence-corrected chi connectivity index (χ3v) is 4.66. The van der Waals surface area contributed by atoms with Gasteiger partial charge in [-0.25, -0.2) is 4.39 Å². The average molecular weight is 290 g/mol. The molecule has 0 radical (unpaired) electrons. The van der Waals surface area contributed by atoms with Gasteiger partial charge in [-0.05, 0) is 50.6 Å². The molecule has 3 N–H and O–H groups in total. The second kappa shape index (κ2) is 6.02. The Bertz CT molecular complexity index is 525. The van der Waals surface area contributed by atoms with Crippen LogP contribution in [0.5, 0.6) is 0 Å². The number of benzene rings is 1. The normalized spacial score (nSPS) is 23.5. The van der Waals surface area contributed by atoms with Crippen LogP contribution in [0.4, 0.5) is 10.1 Å². The summed E-state index contributed by atoms with van der Waals surface area (Å²) in [5.74, 6) is -0.401. The first kappa shape index (κ1) is 14.3. The minimum absolute atomic E-state index is 0.0640. The van der Waals surface area contributed by atoms with Gasteiger partial charge in [0.25, 0.3) is 0 Å². The van der Waals surface area contributed by atoms with E-state index in [1.54, 1.807) is 6.07 Å². The summed E-state index contributed by atoms with van der Waals surface area (Å²) in [4.78, 5) is 4.83. The standard InChI is InChI=1S/C16H23FN4/c17-12-4-5-15(14(10-12)16(18)19)21-9-6-13(11-21)20-7-2-1-3-8-20/h4-5,10,13H,1-3,6-9,11H2,(H3,18,19). The molecule has 2 heterocycles. The summed E-state index contributed by atoms with van der Waals surface area (Å²) in [6.07, 6.45) is 5.07. The molecule has 2 saturated heterocycles. The molecular formula is C16H23FN4. The number of hydrogen-bond acceptors (Lipinski definition) is 3. The van der Waals surface area contributed by atoms with Crippen molar-refractivity contribution < 1.29 is 4.39 Å². The van der Waals surface area contributed by atoms with Crippen LogP contribution in [-0.4, -0.2) is 43.0 Å².